The van der Waals surface area contributed by atoms with E-state index in [0.717, 1.165) is 12.0 Å². The first-order chi connectivity index (χ1) is 16.8. The van der Waals surface area contributed by atoms with Crippen molar-refractivity contribution in [3.05, 3.63) is 48.0 Å². The molecule has 0 aromatic heterocycles. The summed E-state index contributed by atoms with van der Waals surface area (Å²) in [6.45, 7) is 7.18. The number of fused-ring (bicyclic) bond motifs is 3. The Hall–Kier alpha value is -2.22. The van der Waals surface area contributed by atoms with Crippen LogP contribution in [0.25, 0.3) is 0 Å². The normalized spacial score (nSPS) is 33.0. The number of esters is 1. The first-order valence-electron chi connectivity index (χ1n) is 12.9. The van der Waals surface area contributed by atoms with Crippen molar-refractivity contribution in [2.45, 2.75) is 77.0 Å². The first kappa shape index (κ1) is 24.5. The van der Waals surface area contributed by atoms with Crippen molar-refractivity contribution in [1.29, 1.82) is 0 Å². The molecule has 7 heteroatoms. The average molecular weight is 484 g/mol. The monoisotopic (exact) mass is 483 g/mol. The van der Waals surface area contributed by atoms with Crippen LogP contribution in [0, 0.1) is 17.3 Å². The lowest BCUT2D eigenvalue weighted by Gasteiger charge is -2.53. The predicted molar refractivity (Wildman–Crippen MR) is 129 cm³/mol. The second-order valence-corrected chi connectivity index (χ2v) is 11.1. The summed E-state index contributed by atoms with van der Waals surface area (Å²) in [6, 6.07) is 9.76. The number of piperidine rings is 1. The molecule has 3 fully saturated rings. The molecule has 0 unspecified atom stereocenters. The van der Waals surface area contributed by atoms with E-state index in [9.17, 15) is 9.59 Å². The van der Waals surface area contributed by atoms with Gasteiger partial charge in [-0.3, -0.25) is 9.59 Å². The quantitative estimate of drug-likeness (QED) is 0.340. The third-order valence-corrected chi connectivity index (χ3v) is 7.78. The molecule has 3 saturated heterocycles. The van der Waals surface area contributed by atoms with Gasteiger partial charge in [0.2, 0.25) is 5.91 Å². The number of nitrogens with zero attached hydrogens (tertiary/aromatic N) is 1. The Morgan fingerprint density at radius 2 is 1.80 bits per heavy atom. The Kier molecular flexibility index (Phi) is 6.77. The summed E-state index contributed by atoms with van der Waals surface area (Å²) < 4.78 is 23.6. The zero-order valence-corrected chi connectivity index (χ0v) is 21.0. The molecule has 190 valence electrons. The number of amides is 1. The Labute approximate surface area is 207 Å². The molecule has 0 bridgehead atoms. The summed E-state index contributed by atoms with van der Waals surface area (Å²) >= 11 is 0. The molecule has 0 saturated carbocycles. The number of rotatable bonds is 6. The van der Waals surface area contributed by atoms with Crippen molar-refractivity contribution in [2.24, 2.45) is 17.3 Å². The highest BCUT2D eigenvalue weighted by Crippen LogP contribution is 2.55. The van der Waals surface area contributed by atoms with Gasteiger partial charge in [0.15, 0.2) is 6.29 Å². The van der Waals surface area contributed by atoms with Crippen molar-refractivity contribution in [1.82, 2.24) is 4.90 Å². The lowest BCUT2D eigenvalue weighted by molar-refractivity contribution is -0.199. The average Bonchev–Trinajstić information content (AvgIpc) is 3.51. The number of ether oxygens (including phenoxy) is 4. The molecule has 4 aliphatic rings. The maximum Gasteiger partial charge on any atom is 0.322 e. The molecule has 0 radical (unpaired) electrons. The van der Waals surface area contributed by atoms with Gasteiger partial charge >= 0.3 is 5.97 Å². The van der Waals surface area contributed by atoms with Gasteiger partial charge in [-0.25, -0.2) is 0 Å². The third-order valence-electron chi connectivity index (χ3n) is 7.78. The van der Waals surface area contributed by atoms with E-state index >= 15 is 0 Å². The molecule has 1 aromatic carbocycles. The van der Waals surface area contributed by atoms with Gasteiger partial charge in [-0.15, -0.1) is 0 Å². The van der Waals surface area contributed by atoms with Crippen molar-refractivity contribution in [2.75, 3.05) is 19.8 Å². The van der Waals surface area contributed by atoms with Crippen LogP contribution in [0.1, 0.15) is 64.5 Å². The van der Waals surface area contributed by atoms with E-state index in [2.05, 4.69) is 12.2 Å². The van der Waals surface area contributed by atoms with Crippen LogP contribution in [0.2, 0.25) is 0 Å². The van der Waals surface area contributed by atoms with Crippen LogP contribution in [-0.4, -0.2) is 54.7 Å². The molecule has 0 spiro atoms. The molecular weight excluding hydrogens is 446 g/mol. The lowest BCUT2D eigenvalue weighted by Crippen LogP contribution is -2.64. The second kappa shape index (κ2) is 9.68. The molecule has 5 rings (SSSR count). The number of hydrogen-bond donors (Lipinski definition) is 0. The van der Waals surface area contributed by atoms with Crippen LogP contribution in [-0.2, 0) is 28.5 Å². The summed E-state index contributed by atoms with van der Waals surface area (Å²) in [4.78, 5) is 30.5. The fourth-order valence-corrected chi connectivity index (χ4v) is 6.28. The van der Waals surface area contributed by atoms with E-state index in [1.165, 1.54) is 0 Å². The van der Waals surface area contributed by atoms with Gasteiger partial charge in [-0.1, -0.05) is 42.5 Å². The van der Waals surface area contributed by atoms with E-state index < -0.39 is 17.0 Å². The van der Waals surface area contributed by atoms with E-state index in [4.69, 9.17) is 18.9 Å². The summed E-state index contributed by atoms with van der Waals surface area (Å²) in [5, 5.41) is 0. The van der Waals surface area contributed by atoms with Gasteiger partial charge < -0.3 is 23.8 Å². The molecular formula is C28H37NO6. The van der Waals surface area contributed by atoms with Crippen LogP contribution in [0.5, 0.6) is 0 Å². The maximum atomic E-state index is 14.6. The molecule has 1 aromatic rings. The number of benzene rings is 1. The number of allylic oxidation sites excluding steroid dienone is 2. The molecule has 5 atom stereocenters. The number of hydrogen-bond acceptors (Lipinski definition) is 6. The van der Waals surface area contributed by atoms with E-state index in [1.807, 2.05) is 56.0 Å². The van der Waals surface area contributed by atoms with Gasteiger partial charge in [0, 0.05) is 5.92 Å². The highest BCUT2D eigenvalue weighted by atomic mass is 16.7. The minimum atomic E-state index is -1.27. The van der Waals surface area contributed by atoms with Gasteiger partial charge in [-0.2, -0.15) is 0 Å². The highest BCUT2D eigenvalue weighted by Gasteiger charge is 2.65. The second-order valence-electron chi connectivity index (χ2n) is 11.1. The first-order valence-corrected chi connectivity index (χ1v) is 12.9. The van der Waals surface area contributed by atoms with E-state index in [0.29, 0.717) is 45.5 Å². The standard InChI is InChI=1S/C28H37NO6/c1-27(2,3)35-26(31)28(15-9-14-23-32-16-17-33-23)21-13-8-7-12-20(21)24-29(25(28)30)22(18-34-24)19-10-5-4-6-11-19/h4-8,10-11,20-24H,9,12-18H2,1-3H3/t20-,21+,22-,24+,28+/m0/s1. The van der Waals surface area contributed by atoms with Crippen molar-refractivity contribution >= 4 is 11.9 Å². The largest absolute Gasteiger partial charge is 0.459 e. The van der Waals surface area contributed by atoms with Crippen LogP contribution in [0.4, 0.5) is 0 Å². The summed E-state index contributed by atoms with van der Waals surface area (Å²) in [5.74, 6) is -0.701. The van der Waals surface area contributed by atoms with Gasteiger partial charge in [0.05, 0.1) is 25.9 Å². The fraction of sp³-hybridized carbons (Fsp3) is 0.643. The third kappa shape index (κ3) is 4.54. The van der Waals surface area contributed by atoms with Gasteiger partial charge in [0.1, 0.15) is 17.2 Å². The van der Waals surface area contributed by atoms with Crippen LogP contribution >= 0.6 is 0 Å². The van der Waals surface area contributed by atoms with Gasteiger partial charge in [-0.05, 0) is 64.4 Å². The molecule has 3 heterocycles. The molecule has 7 nitrogen and oxygen atoms in total. The topological polar surface area (TPSA) is 74.3 Å². The zero-order valence-electron chi connectivity index (χ0n) is 21.0. The van der Waals surface area contributed by atoms with E-state index in [1.54, 1.807) is 0 Å². The maximum absolute atomic E-state index is 14.6. The van der Waals surface area contributed by atoms with Crippen molar-refractivity contribution < 1.29 is 28.5 Å². The minimum Gasteiger partial charge on any atom is -0.459 e. The minimum absolute atomic E-state index is 0.0397. The molecule has 1 amide bonds. The Morgan fingerprint density at radius 1 is 1.09 bits per heavy atom. The van der Waals surface area contributed by atoms with Crippen molar-refractivity contribution in [3.63, 3.8) is 0 Å². The SMILES string of the molecule is CC(C)(C)OC(=O)[C@@]1(CCCC2OCCO2)C(=O)N2[C@H](OC[C@H]2c2ccccc2)[C@H]2CC=CC[C@H]21. The van der Waals surface area contributed by atoms with E-state index in [-0.39, 0.29) is 36.3 Å². The number of carbonyl (C=O) groups is 2. The molecule has 1 aliphatic carbocycles. The Bertz CT molecular complexity index is 950. The molecule has 3 aliphatic heterocycles. The summed E-state index contributed by atoms with van der Waals surface area (Å²) in [6.07, 6.45) is 6.79. The van der Waals surface area contributed by atoms with Crippen LogP contribution in [0.3, 0.4) is 0 Å². The van der Waals surface area contributed by atoms with Crippen molar-refractivity contribution in [3.8, 4) is 0 Å². The number of carbonyl (C=O) groups excluding carboxylic acids is 2. The lowest BCUT2D eigenvalue weighted by atomic mass is 9.59. The Morgan fingerprint density at radius 3 is 2.51 bits per heavy atom. The smallest absolute Gasteiger partial charge is 0.322 e. The highest BCUT2D eigenvalue weighted by molar-refractivity contribution is 6.04. The fourth-order valence-electron chi connectivity index (χ4n) is 6.28. The van der Waals surface area contributed by atoms with Crippen LogP contribution < -0.4 is 0 Å². The predicted octanol–water partition coefficient (Wildman–Crippen LogP) is 4.38. The molecule has 0 N–H and O–H groups in total. The zero-order chi connectivity index (χ0) is 24.6. The Balaban J connectivity index is 1.53. The summed E-state index contributed by atoms with van der Waals surface area (Å²) in [5.41, 5.74) is -0.934. The summed E-state index contributed by atoms with van der Waals surface area (Å²) in [7, 11) is 0. The van der Waals surface area contributed by atoms with Gasteiger partial charge in [0.25, 0.3) is 0 Å². The molecule has 35 heavy (non-hydrogen) atoms. The van der Waals surface area contributed by atoms with Crippen LogP contribution in [0.15, 0.2) is 42.5 Å².